The Morgan fingerprint density at radius 3 is 2.52 bits per heavy atom. The van der Waals surface area contributed by atoms with Gasteiger partial charge in [-0.25, -0.2) is 4.79 Å². The summed E-state index contributed by atoms with van der Waals surface area (Å²) in [5.41, 5.74) is 1.29. The van der Waals surface area contributed by atoms with Crippen LogP contribution in [-0.4, -0.2) is 24.2 Å². The quantitative estimate of drug-likeness (QED) is 0.345. The molecule has 0 heterocycles. The first-order valence-electron chi connectivity index (χ1n) is 5.88. The zero-order chi connectivity index (χ0) is 15.3. The van der Waals surface area contributed by atoms with Gasteiger partial charge in [0.15, 0.2) is 0 Å². The van der Waals surface area contributed by atoms with Crippen LogP contribution in [0, 0.1) is 6.92 Å². The molecular weight excluding hydrogens is 285 g/mol. The number of carboxylic acids is 1. The van der Waals surface area contributed by atoms with Crippen LogP contribution in [0.1, 0.15) is 24.1 Å². The predicted octanol–water partition coefficient (Wildman–Crippen LogP) is -2.84. The first kappa shape index (κ1) is 19.5. The molecule has 0 bridgehead atoms. The van der Waals surface area contributed by atoms with Gasteiger partial charge >= 0.3 is 35.5 Å². The normalized spacial score (nSPS) is 12.0. The number of allylic oxidation sites excluding steroid dienone is 1. The summed E-state index contributed by atoms with van der Waals surface area (Å²) in [6, 6.07) is 3.28. The van der Waals surface area contributed by atoms with E-state index in [0.29, 0.717) is 16.8 Å². The number of nitrogens with one attached hydrogen (secondary N) is 1. The summed E-state index contributed by atoms with van der Waals surface area (Å²) in [5, 5.41) is 23.3. The van der Waals surface area contributed by atoms with Crippen molar-refractivity contribution in [2.24, 2.45) is 0 Å². The Kier molecular flexibility index (Phi) is 8.09. The first-order chi connectivity index (χ1) is 9.35. The molecule has 0 aromatic heterocycles. The fourth-order valence-corrected chi connectivity index (χ4v) is 1.64. The van der Waals surface area contributed by atoms with Crippen molar-refractivity contribution in [3.05, 3.63) is 41.1 Å². The van der Waals surface area contributed by atoms with Gasteiger partial charge < -0.3 is 25.1 Å². The second-order valence-electron chi connectivity index (χ2n) is 4.29. The molecule has 0 saturated carbocycles. The average molecular weight is 301 g/mol. The number of phenolic OH excluding ortho intramolecular Hbond substituents is 1. The van der Waals surface area contributed by atoms with Crippen molar-refractivity contribution in [3.8, 4) is 5.75 Å². The summed E-state index contributed by atoms with van der Waals surface area (Å²) < 4.78 is 4.45. The van der Waals surface area contributed by atoms with Crippen molar-refractivity contribution in [1.29, 1.82) is 0 Å². The van der Waals surface area contributed by atoms with Crippen molar-refractivity contribution in [1.82, 2.24) is 5.32 Å². The Morgan fingerprint density at radius 2 is 2.05 bits per heavy atom. The number of esters is 1. The fourth-order valence-electron chi connectivity index (χ4n) is 1.64. The number of ether oxygens (including phenoxy) is 1. The Bertz CT molecular complexity index is 556. The summed E-state index contributed by atoms with van der Waals surface area (Å²) in [5.74, 6) is -1.85. The van der Waals surface area contributed by atoms with Crippen molar-refractivity contribution in [2.45, 2.75) is 19.9 Å². The summed E-state index contributed by atoms with van der Waals surface area (Å²) in [6.07, 6.45) is 1.14. The van der Waals surface area contributed by atoms with E-state index in [9.17, 15) is 19.8 Å². The van der Waals surface area contributed by atoms with Crippen molar-refractivity contribution in [3.63, 3.8) is 0 Å². The number of carbonyl (C=O) groups excluding carboxylic acids is 2. The predicted molar refractivity (Wildman–Crippen MR) is 69.5 cm³/mol. The average Bonchev–Trinajstić information content (AvgIpc) is 2.38. The molecule has 2 N–H and O–H groups in total. The second kappa shape index (κ2) is 8.71. The molecule has 1 rings (SSSR count). The molecular formula is C14H16NNaO5. The summed E-state index contributed by atoms with van der Waals surface area (Å²) >= 11 is 0. The van der Waals surface area contributed by atoms with Gasteiger partial charge in [-0.05, 0) is 37.1 Å². The third-order valence-corrected chi connectivity index (χ3v) is 2.70. The summed E-state index contributed by atoms with van der Waals surface area (Å²) in [6.45, 7) is 3.20. The van der Waals surface area contributed by atoms with Gasteiger partial charge in [0.2, 0.25) is 0 Å². The fraction of sp³-hybridized carbons (Fsp3) is 0.286. The molecule has 1 aromatic rings. The zero-order valence-corrected chi connectivity index (χ0v) is 14.5. The molecule has 1 unspecified atom stereocenters. The number of carbonyl (C=O) groups is 2. The maximum Gasteiger partial charge on any atom is 1.00 e. The molecule has 21 heavy (non-hydrogen) atoms. The molecule has 1 aromatic carbocycles. The standard InChI is InChI=1S/C14H17NO5.Na/c1-8-6-10(4-5-11(8)16)13(14(18)19)15-9(2)7-12(17)20-3;/h4-7,13,15-16H,1-3H3,(H,18,19);/q;+1/p-1. The van der Waals surface area contributed by atoms with Gasteiger partial charge in [0, 0.05) is 11.8 Å². The molecule has 6 nitrogen and oxygen atoms in total. The minimum Gasteiger partial charge on any atom is -0.548 e. The monoisotopic (exact) mass is 301 g/mol. The molecule has 0 saturated heterocycles. The van der Waals surface area contributed by atoms with E-state index in [1.807, 2.05) is 0 Å². The molecule has 0 aliphatic carbocycles. The van der Waals surface area contributed by atoms with Gasteiger partial charge in [0.05, 0.1) is 19.1 Å². The third-order valence-electron chi connectivity index (χ3n) is 2.70. The number of phenols is 1. The third kappa shape index (κ3) is 5.79. The smallest absolute Gasteiger partial charge is 0.548 e. The number of hydrogen-bond donors (Lipinski definition) is 2. The zero-order valence-electron chi connectivity index (χ0n) is 12.5. The van der Waals surface area contributed by atoms with Crippen LogP contribution in [0.5, 0.6) is 5.75 Å². The maximum absolute atomic E-state index is 11.2. The Balaban J connectivity index is 0.00000400. The Labute approximate surface area is 145 Å². The number of rotatable bonds is 5. The van der Waals surface area contributed by atoms with Crippen LogP contribution in [0.4, 0.5) is 0 Å². The van der Waals surface area contributed by atoms with Crippen LogP contribution in [0.25, 0.3) is 0 Å². The number of aromatic hydroxyl groups is 1. The van der Waals surface area contributed by atoms with E-state index in [-0.39, 0.29) is 35.3 Å². The van der Waals surface area contributed by atoms with Crippen molar-refractivity contribution in [2.75, 3.05) is 7.11 Å². The molecule has 108 valence electrons. The van der Waals surface area contributed by atoms with Gasteiger partial charge in [-0.3, -0.25) is 0 Å². The topological polar surface area (TPSA) is 98.7 Å². The minimum atomic E-state index is -1.34. The molecule has 0 fully saturated rings. The number of aryl methyl sites for hydroxylation is 1. The van der Waals surface area contributed by atoms with Crippen LogP contribution in [0.15, 0.2) is 30.0 Å². The second-order valence-corrected chi connectivity index (χ2v) is 4.29. The van der Waals surface area contributed by atoms with E-state index >= 15 is 0 Å². The van der Waals surface area contributed by atoms with Crippen LogP contribution >= 0.6 is 0 Å². The molecule has 7 heteroatoms. The van der Waals surface area contributed by atoms with E-state index in [1.54, 1.807) is 13.8 Å². The molecule has 0 radical (unpaired) electrons. The SMILES string of the molecule is COC(=O)C=C(C)NC(C(=O)[O-])c1ccc(O)c(C)c1.[Na+]. The van der Waals surface area contributed by atoms with Crippen LogP contribution in [-0.2, 0) is 14.3 Å². The van der Waals surface area contributed by atoms with Crippen molar-refractivity contribution >= 4 is 11.9 Å². The number of benzene rings is 1. The van der Waals surface area contributed by atoms with Crippen LogP contribution < -0.4 is 40.0 Å². The molecule has 0 aliphatic heterocycles. The van der Waals surface area contributed by atoms with Crippen molar-refractivity contribution < 1.29 is 54.1 Å². The van der Waals surface area contributed by atoms with E-state index in [0.717, 1.165) is 6.08 Å². The first-order valence-corrected chi connectivity index (χ1v) is 5.88. The molecule has 0 aliphatic rings. The summed E-state index contributed by atoms with van der Waals surface area (Å²) in [4.78, 5) is 22.3. The largest absolute Gasteiger partial charge is 1.00 e. The van der Waals surface area contributed by atoms with E-state index in [2.05, 4.69) is 10.1 Å². The number of carboxylic acid groups (broad SMARTS) is 1. The molecule has 0 spiro atoms. The van der Waals surface area contributed by atoms with Gasteiger partial charge in [0.25, 0.3) is 0 Å². The maximum atomic E-state index is 11.2. The summed E-state index contributed by atoms with van der Waals surface area (Å²) in [7, 11) is 1.23. The Morgan fingerprint density at radius 1 is 1.43 bits per heavy atom. The van der Waals surface area contributed by atoms with Crippen LogP contribution in [0.2, 0.25) is 0 Å². The minimum absolute atomic E-state index is 0. The molecule has 1 atom stereocenters. The number of hydrogen-bond acceptors (Lipinski definition) is 6. The molecule has 0 amide bonds. The number of aliphatic carboxylic acids is 1. The van der Waals surface area contributed by atoms with Gasteiger partial charge in [-0.2, -0.15) is 0 Å². The van der Waals surface area contributed by atoms with Gasteiger partial charge in [0.1, 0.15) is 5.75 Å². The van der Waals surface area contributed by atoms with E-state index in [1.165, 1.54) is 25.3 Å². The van der Waals surface area contributed by atoms with Gasteiger partial charge in [-0.15, -0.1) is 0 Å². The Hall–Kier alpha value is -1.50. The van der Waals surface area contributed by atoms with E-state index in [4.69, 9.17) is 0 Å². The van der Waals surface area contributed by atoms with E-state index < -0.39 is 18.0 Å². The van der Waals surface area contributed by atoms with Crippen LogP contribution in [0.3, 0.4) is 0 Å². The number of methoxy groups -OCH3 is 1. The van der Waals surface area contributed by atoms with Gasteiger partial charge in [-0.1, -0.05) is 6.07 Å².